The van der Waals surface area contributed by atoms with Gasteiger partial charge < -0.3 is 10.5 Å². The largest absolute Gasteiger partial charge is 0.486 e. The monoisotopic (exact) mass is 392 g/mol. The molecule has 2 N–H and O–H groups in total. The minimum Gasteiger partial charge on any atom is -0.486 e. The van der Waals surface area contributed by atoms with Crippen molar-refractivity contribution in [3.05, 3.63) is 32.3 Å². The molecule has 1 aromatic carbocycles. The number of halogens is 3. The third kappa shape index (κ3) is 2.79. The smallest absolute Gasteiger partial charge is 0.160 e. The van der Waals surface area contributed by atoms with Gasteiger partial charge in [-0.2, -0.15) is 0 Å². The maximum absolute atomic E-state index is 5.94. The maximum atomic E-state index is 5.94. The Morgan fingerprint density at radius 3 is 2.78 bits per heavy atom. The van der Waals surface area contributed by atoms with Gasteiger partial charge in [-0.25, -0.2) is 4.98 Å². The molecule has 18 heavy (non-hydrogen) atoms. The van der Waals surface area contributed by atoms with Crippen LogP contribution in [0.15, 0.2) is 27.1 Å². The lowest BCUT2D eigenvalue weighted by atomic mass is 10.2. The summed E-state index contributed by atoms with van der Waals surface area (Å²) in [5.41, 5.74) is 6.29. The van der Waals surface area contributed by atoms with Crippen molar-refractivity contribution < 1.29 is 4.74 Å². The quantitative estimate of drug-likeness (QED) is 0.796. The number of benzene rings is 1. The zero-order chi connectivity index (χ0) is 13.3. The number of ether oxygens (including phenoxy) is 1. The van der Waals surface area contributed by atoms with Gasteiger partial charge in [-0.15, -0.1) is 0 Å². The molecule has 0 saturated heterocycles. The molecule has 0 fully saturated rings. The summed E-state index contributed by atoms with van der Waals surface area (Å²) in [4.78, 5) is 4.32. The predicted molar refractivity (Wildman–Crippen MR) is 81.3 cm³/mol. The molecule has 0 aliphatic rings. The molecule has 96 valence electrons. The first kappa shape index (κ1) is 14.1. The number of nitrogens with two attached hydrogens (primary N) is 1. The highest BCUT2D eigenvalue weighted by atomic mass is 79.9. The van der Waals surface area contributed by atoms with Gasteiger partial charge in [0.05, 0.1) is 4.47 Å². The molecule has 2 rings (SSSR count). The molecule has 1 unspecified atom stereocenters. The second-order valence-electron chi connectivity index (χ2n) is 3.86. The highest BCUT2D eigenvalue weighted by Crippen LogP contribution is 2.38. The molecular formula is C12H11Br2ClN2O. The van der Waals surface area contributed by atoms with Crippen LogP contribution in [0.25, 0.3) is 10.9 Å². The van der Waals surface area contributed by atoms with Crippen LogP contribution in [0.4, 0.5) is 0 Å². The van der Waals surface area contributed by atoms with Crippen molar-refractivity contribution >= 4 is 54.4 Å². The van der Waals surface area contributed by atoms with Crippen molar-refractivity contribution in [1.82, 2.24) is 4.98 Å². The highest BCUT2D eigenvalue weighted by molar-refractivity contribution is 9.11. The van der Waals surface area contributed by atoms with Gasteiger partial charge in [0.25, 0.3) is 0 Å². The van der Waals surface area contributed by atoms with E-state index in [9.17, 15) is 0 Å². The van der Waals surface area contributed by atoms with Crippen molar-refractivity contribution in [2.75, 3.05) is 6.54 Å². The lowest BCUT2D eigenvalue weighted by Gasteiger charge is -2.16. The molecule has 6 heteroatoms. The van der Waals surface area contributed by atoms with Crippen molar-refractivity contribution in [3.63, 3.8) is 0 Å². The molecule has 0 saturated carbocycles. The van der Waals surface area contributed by atoms with E-state index >= 15 is 0 Å². The molecule has 0 aliphatic heterocycles. The Labute approximate surface area is 127 Å². The second-order valence-corrected chi connectivity index (χ2v) is 5.96. The Kier molecular flexibility index (Phi) is 4.48. The van der Waals surface area contributed by atoms with Crippen molar-refractivity contribution in [3.8, 4) is 5.75 Å². The zero-order valence-electron chi connectivity index (χ0n) is 9.58. The van der Waals surface area contributed by atoms with Crippen molar-refractivity contribution in [1.29, 1.82) is 0 Å². The van der Waals surface area contributed by atoms with Gasteiger partial charge in [0, 0.05) is 16.4 Å². The number of hydrogen-bond donors (Lipinski definition) is 1. The molecule has 1 heterocycles. The van der Waals surface area contributed by atoms with Crippen LogP contribution >= 0.6 is 43.5 Å². The van der Waals surface area contributed by atoms with Crippen molar-refractivity contribution in [2.45, 2.75) is 13.0 Å². The van der Waals surface area contributed by atoms with Gasteiger partial charge >= 0.3 is 0 Å². The van der Waals surface area contributed by atoms with Gasteiger partial charge in [0.1, 0.15) is 16.8 Å². The van der Waals surface area contributed by atoms with E-state index in [4.69, 9.17) is 22.1 Å². The fourth-order valence-corrected chi connectivity index (χ4v) is 3.04. The Morgan fingerprint density at radius 1 is 1.39 bits per heavy atom. The Morgan fingerprint density at radius 2 is 2.11 bits per heavy atom. The first-order chi connectivity index (χ1) is 8.52. The van der Waals surface area contributed by atoms with Crippen molar-refractivity contribution in [2.24, 2.45) is 5.73 Å². The SMILES string of the molecule is CC(CN)Oc1c(Br)cc(Br)c2ccc(Cl)nc12. The zero-order valence-corrected chi connectivity index (χ0v) is 13.5. The standard InChI is InChI=1S/C12H11Br2ClN2O/c1-6(5-16)18-12-9(14)4-8(13)7-2-3-10(15)17-11(7)12/h2-4,6H,5,16H2,1H3. The average Bonchev–Trinajstić information content (AvgIpc) is 2.33. The van der Waals surface area contributed by atoms with E-state index in [0.717, 1.165) is 14.3 Å². The van der Waals surface area contributed by atoms with Gasteiger partial charge in [-0.1, -0.05) is 27.5 Å². The van der Waals surface area contributed by atoms with Crippen LogP contribution in [0.3, 0.4) is 0 Å². The average molecular weight is 394 g/mol. The molecule has 2 aromatic rings. The Bertz CT molecular complexity index is 592. The summed E-state index contributed by atoms with van der Waals surface area (Å²) in [6.45, 7) is 2.34. The summed E-state index contributed by atoms with van der Waals surface area (Å²) >= 11 is 12.9. The molecule has 0 amide bonds. The number of hydrogen-bond acceptors (Lipinski definition) is 3. The van der Waals surface area contributed by atoms with E-state index in [1.54, 1.807) is 6.07 Å². The molecule has 1 aromatic heterocycles. The molecule has 0 radical (unpaired) electrons. The van der Waals surface area contributed by atoms with E-state index in [-0.39, 0.29) is 6.10 Å². The van der Waals surface area contributed by atoms with Crippen LogP contribution < -0.4 is 10.5 Å². The van der Waals surface area contributed by atoms with Crippen LogP contribution in [0.2, 0.25) is 5.15 Å². The summed E-state index contributed by atoms with van der Waals surface area (Å²) in [5.74, 6) is 0.661. The fraction of sp³-hybridized carbons (Fsp3) is 0.250. The number of aromatic nitrogens is 1. The maximum Gasteiger partial charge on any atom is 0.160 e. The normalized spacial score (nSPS) is 12.7. The van der Waals surface area contributed by atoms with Crippen LogP contribution in [0.1, 0.15) is 6.92 Å². The molecule has 0 spiro atoms. The van der Waals surface area contributed by atoms with Gasteiger partial charge in [-0.05, 0) is 41.1 Å². The summed E-state index contributed by atoms with van der Waals surface area (Å²) in [6, 6.07) is 5.58. The van der Waals surface area contributed by atoms with E-state index < -0.39 is 0 Å². The Hall–Kier alpha value is -0.360. The van der Waals surface area contributed by atoms with Crippen LogP contribution in [-0.2, 0) is 0 Å². The van der Waals surface area contributed by atoms with Crippen LogP contribution in [0.5, 0.6) is 5.75 Å². The minimum absolute atomic E-state index is 0.0912. The van der Waals surface area contributed by atoms with E-state index in [0.29, 0.717) is 23.0 Å². The van der Waals surface area contributed by atoms with Gasteiger partial charge in [0.15, 0.2) is 5.75 Å². The topological polar surface area (TPSA) is 48.1 Å². The second kappa shape index (κ2) is 5.74. The Balaban J connectivity index is 2.66. The summed E-state index contributed by atoms with van der Waals surface area (Å²) in [7, 11) is 0. The van der Waals surface area contributed by atoms with Gasteiger partial charge in [-0.3, -0.25) is 0 Å². The number of fused-ring (bicyclic) bond motifs is 1. The third-order valence-electron chi connectivity index (χ3n) is 2.45. The van der Waals surface area contributed by atoms with Crippen LogP contribution in [-0.4, -0.2) is 17.6 Å². The fourth-order valence-electron chi connectivity index (χ4n) is 1.53. The molecule has 1 atom stereocenters. The molecule has 0 bridgehead atoms. The van der Waals surface area contributed by atoms with Gasteiger partial charge in [0.2, 0.25) is 0 Å². The first-order valence-corrected chi connectivity index (χ1v) is 7.30. The minimum atomic E-state index is -0.0912. The number of pyridine rings is 1. The molecule has 3 nitrogen and oxygen atoms in total. The summed E-state index contributed by atoms with van der Waals surface area (Å²) < 4.78 is 7.55. The molecule has 0 aliphatic carbocycles. The first-order valence-electron chi connectivity index (χ1n) is 5.34. The third-order valence-corrected chi connectivity index (χ3v) is 3.91. The molecular weight excluding hydrogens is 383 g/mol. The number of nitrogens with zero attached hydrogens (tertiary/aromatic N) is 1. The van der Waals surface area contributed by atoms with E-state index in [1.165, 1.54) is 0 Å². The summed E-state index contributed by atoms with van der Waals surface area (Å²) in [6.07, 6.45) is -0.0912. The number of rotatable bonds is 3. The highest BCUT2D eigenvalue weighted by Gasteiger charge is 2.14. The van der Waals surface area contributed by atoms with E-state index in [1.807, 2.05) is 19.1 Å². The van der Waals surface area contributed by atoms with Crippen LogP contribution in [0, 0.1) is 0 Å². The lowest BCUT2D eigenvalue weighted by Crippen LogP contribution is -2.23. The predicted octanol–water partition coefficient (Wildman–Crippen LogP) is 4.14. The summed E-state index contributed by atoms with van der Waals surface area (Å²) in [5, 5.41) is 1.37. The lowest BCUT2D eigenvalue weighted by molar-refractivity contribution is 0.231. The van der Waals surface area contributed by atoms with E-state index in [2.05, 4.69) is 36.8 Å².